The van der Waals surface area contributed by atoms with Crippen LogP contribution in [0, 0.1) is 11.8 Å². The van der Waals surface area contributed by atoms with Crippen LogP contribution in [0.3, 0.4) is 0 Å². The third kappa shape index (κ3) is 16.5. The molecule has 10 unspecified atom stereocenters. The van der Waals surface area contributed by atoms with Crippen LogP contribution in [0.5, 0.6) is 5.75 Å². The van der Waals surface area contributed by atoms with E-state index in [-0.39, 0.29) is 11.4 Å². The number of hydrogen-bond donors (Lipinski definition) is 12. The van der Waals surface area contributed by atoms with E-state index in [1.807, 2.05) is 11.8 Å². The summed E-state index contributed by atoms with van der Waals surface area (Å²) in [5.41, 5.74) is 10.7. The Kier molecular flexibility index (Phi) is 22.7. The number of rotatable bonds is 25. The summed E-state index contributed by atoms with van der Waals surface area (Å²) in [6.45, 7) is 7.12. The maximum atomic E-state index is 14.5. The smallest absolute Gasteiger partial charge is 0.243 e. The van der Waals surface area contributed by atoms with Gasteiger partial charge in [-0.05, 0) is 69.7 Å². The third-order valence-electron chi connectivity index (χ3n) is 13.5. The molecule has 11 atom stereocenters. The van der Waals surface area contributed by atoms with Crippen LogP contribution >= 0.6 is 0 Å². The van der Waals surface area contributed by atoms with Gasteiger partial charge in [-0.2, -0.15) is 0 Å². The zero-order chi connectivity index (χ0) is 54.2. The van der Waals surface area contributed by atoms with Crippen LogP contribution in [0.2, 0.25) is 0 Å². The lowest BCUT2D eigenvalue weighted by atomic mass is 9.93. The van der Waals surface area contributed by atoms with Gasteiger partial charge in [0.1, 0.15) is 41.2 Å². The van der Waals surface area contributed by atoms with E-state index in [4.69, 9.17) is 16.2 Å². The van der Waals surface area contributed by atoms with Crippen molar-refractivity contribution in [3.63, 3.8) is 0 Å². The van der Waals surface area contributed by atoms with Crippen molar-refractivity contribution in [1.29, 1.82) is 0 Å². The molecule has 1 saturated heterocycles. The second-order valence-electron chi connectivity index (χ2n) is 19.1. The monoisotopic (exact) mass is 1050 g/mol. The Morgan fingerprint density at radius 1 is 0.973 bits per heavy atom. The highest BCUT2D eigenvalue weighted by atomic mass is 32.2. The van der Waals surface area contributed by atoms with Crippen molar-refractivity contribution in [2.75, 3.05) is 39.0 Å². The fourth-order valence-electron chi connectivity index (χ4n) is 9.04. The Hall–Kier alpha value is -6.02. The highest BCUT2D eigenvalue weighted by molar-refractivity contribution is 7.84. The Morgan fingerprint density at radius 2 is 1.66 bits per heavy atom. The molecule has 1 aromatic heterocycles. The summed E-state index contributed by atoms with van der Waals surface area (Å²) in [4.78, 5) is 123. The number of carbonyl (C=O) groups is 9. The highest BCUT2D eigenvalue weighted by Crippen LogP contribution is 2.36. The van der Waals surface area contributed by atoms with Crippen LogP contribution in [0.1, 0.15) is 98.0 Å². The molecule has 5 rings (SSSR count). The number of aliphatic hydroxyl groups excluding tert-OH is 2. The van der Waals surface area contributed by atoms with Crippen molar-refractivity contribution in [2.24, 2.45) is 23.3 Å². The minimum atomic E-state index is -1.66. The number of aldehydes is 1. The van der Waals surface area contributed by atoms with Crippen molar-refractivity contribution < 1.29 is 62.3 Å². The molecule has 25 heteroatoms. The van der Waals surface area contributed by atoms with Gasteiger partial charge < -0.3 is 73.4 Å². The average molecular weight is 1050 g/mol. The van der Waals surface area contributed by atoms with Gasteiger partial charge in [-0.15, -0.1) is 0 Å². The summed E-state index contributed by atoms with van der Waals surface area (Å²) in [5.74, 6) is -7.44. The first kappa shape index (κ1) is 59.5. The predicted octanol–water partition coefficient (Wildman–Crippen LogP) is -2.28. The zero-order valence-corrected chi connectivity index (χ0v) is 43.3. The Balaban J connectivity index is 1.61. The molecule has 0 spiro atoms. The lowest BCUT2D eigenvalue weighted by Gasteiger charge is -2.42. The second kappa shape index (κ2) is 27.9. The van der Waals surface area contributed by atoms with E-state index in [1.54, 1.807) is 32.0 Å². The number of benzene rings is 1. The number of carbonyl (C=O) groups excluding carboxylic acids is 9. The average Bonchev–Trinajstić information content (AvgIpc) is 4.00. The van der Waals surface area contributed by atoms with Crippen LogP contribution in [0.25, 0.3) is 10.9 Å². The molecule has 0 aliphatic carbocycles. The van der Waals surface area contributed by atoms with Crippen LogP contribution in [-0.2, 0) is 60.4 Å². The van der Waals surface area contributed by atoms with E-state index in [2.05, 4.69) is 42.2 Å². The Morgan fingerprint density at radius 3 is 2.30 bits per heavy atom. The topological polar surface area (TPSA) is 376 Å². The maximum absolute atomic E-state index is 14.5. The molecule has 4 bridgehead atoms. The van der Waals surface area contributed by atoms with Crippen LogP contribution in [0.4, 0.5) is 0 Å². The first-order valence-corrected chi connectivity index (χ1v) is 26.3. The van der Waals surface area contributed by atoms with Crippen molar-refractivity contribution in [3.8, 4) is 5.75 Å². The summed E-state index contributed by atoms with van der Waals surface area (Å²) in [6, 6.07) is -2.12. The lowest BCUT2D eigenvalue weighted by Crippen LogP contribution is -2.62. The number of primary amides is 1. The molecule has 1 aromatic carbocycles. The summed E-state index contributed by atoms with van der Waals surface area (Å²) < 4.78 is 20.2. The number of aromatic amines is 1. The quantitative estimate of drug-likeness (QED) is 0.0368. The maximum Gasteiger partial charge on any atom is 0.243 e. The van der Waals surface area contributed by atoms with Crippen molar-refractivity contribution in [2.45, 2.75) is 152 Å². The number of nitrogens with one attached hydrogen (secondary N) is 8. The van der Waals surface area contributed by atoms with Crippen molar-refractivity contribution in [1.82, 2.24) is 47.1 Å². The van der Waals surface area contributed by atoms with E-state index in [0.29, 0.717) is 67.3 Å². The number of nitrogens with zero attached hydrogens (tertiary/aromatic N) is 1. The van der Waals surface area contributed by atoms with E-state index in [1.165, 1.54) is 20.1 Å². The molecule has 0 saturated carbocycles. The van der Waals surface area contributed by atoms with Gasteiger partial charge in [-0.1, -0.05) is 40.0 Å². The number of amides is 8. The van der Waals surface area contributed by atoms with E-state index in [9.17, 15) is 57.6 Å². The molecule has 0 radical (unpaired) electrons. The number of ether oxygens (including phenoxy) is 1. The van der Waals surface area contributed by atoms with Crippen molar-refractivity contribution >= 4 is 75.2 Å². The number of H-pyrrole nitrogens is 1. The SMILES string of the molecule is CCC(C)C(NC(=O)CNC(=O)C1Cc2c(S(C)=O)[nH]c3cc(ccc23)OC(C)(CCCCCCN)N2CCCC2C(=O)NC([C@@H](C)C(O)CO)C(=O)N1)C(=O)NCC(=O)NC(C)C(=O)NC(C=O)CC(N)=O. The van der Waals surface area contributed by atoms with Gasteiger partial charge in [-0.25, -0.2) is 0 Å². The number of unbranched alkanes of at least 4 members (excludes halogenated alkanes) is 3. The van der Waals surface area contributed by atoms with E-state index in [0.717, 1.165) is 25.7 Å². The molecular formula is C48H75N11O13S. The normalized spacial score (nSPS) is 22.2. The molecule has 73 heavy (non-hydrogen) atoms. The first-order valence-electron chi connectivity index (χ1n) is 24.8. The van der Waals surface area contributed by atoms with Crippen LogP contribution < -0.4 is 53.4 Å². The number of hydrogen-bond acceptors (Lipinski definition) is 15. The molecular weight excluding hydrogens is 971 g/mol. The summed E-state index contributed by atoms with van der Waals surface area (Å²) in [7, 11) is -1.66. The van der Waals surface area contributed by atoms with Crippen molar-refractivity contribution in [3.05, 3.63) is 23.8 Å². The standard InChI is InChI=1S/C48H75N11O13S/c1-7-26(2)40(45(69)52-22-38(64)53-28(4)42(66)54-29(24-60)19-37(50)63)57-39(65)23-51-43(67)34-21-32-31-15-14-30(20-33(31)56-47(32)73(6)71)72-48(5,16-10-8-9-11-17-49)59-18-12-13-35(59)44(68)58-41(46(70)55-34)27(3)36(62)25-61/h14-15,20,24,26-29,34-36,40-41,56,61-62H,7-13,16-19,21-23,25,49H2,1-6H3,(H2,50,63)(H,51,67)(H,52,69)(H,53,64)(H,54,66)(H,55,70)(H,57,65)(H,58,68)/t26?,27-,28?,29?,34?,35?,36?,40?,41?,48?,73?/m0/s1. The molecule has 3 aliphatic heterocycles. The van der Waals surface area contributed by atoms with Gasteiger partial charge in [0.15, 0.2) is 5.72 Å². The van der Waals surface area contributed by atoms with Crippen LogP contribution in [0.15, 0.2) is 23.2 Å². The first-order chi connectivity index (χ1) is 34.6. The van der Waals surface area contributed by atoms with E-state index >= 15 is 0 Å². The van der Waals surface area contributed by atoms with Gasteiger partial charge in [0.2, 0.25) is 47.3 Å². The molecule has 1 fully saturated rings. The predicted molar refractivity (Wildman–Crippen MR) is 268 cm³/mol. The lowest BCUT2D eigenvalue weighted by molar-refractivity contribution is -0.142. The number of fused-ring (bicyclic) bond motifs is 8. The fourth-order valence-corrected chi connectivity index (χ4v) is 9.84. The summed E-state index contributed by atoms with van der Waals surface area (Å²) in [6.07, 6.45) is 4.96. The minimum absolute atomic E-state index is 0.248. The molecule has 24 nitrogen and oxygen atoms in total. The van der Waals surface area contributed by atoms with Crippen LogP contribution in [-0.4, -0.2) is 165 Å². The summed E-state index contributed by atoms with van der Waals surface area (Å²) in [5, 5.41) is 39.3. The summed E-state index contributed by atoms with van der Waals surface area (Å²) >= 11 is 0. The minimum Gasteiger partial charge on any atom is -0.473 e. The van der Waals surface area contributed by atoms with Gasteiger partial charge in [0.25, 0.3) is 0 Å². The molecule has 14 N–H and O–H groups in total. The zero-order valence-electron chi connectivity index (χ0n) is 42.5. The van der Waals surface area contributed by atoms with Gasteiger partial charge >= 0.3 is 0 Å². The number of aromatic nitrogens is 1. The Bertz CT molecular complexity index is 2330. The molecule has 406 valence electrons. The fraction of sp³-hybridized carbons (Fsp3) is 0.646. The largest absolute Gasteiger partial charge is 0.473 e. The molecule has 2 aromatic rings. The van der Waals surface area contributed by atoms with E-state index < -0.39 is 144 Å². The number of aliphatic hydroxyl groups is 2. The van der Waals surface area contributed by atoms with Gasteiger partial charge in [0.05, 0.1) is 60.6 Å². The second-order valence-corrected chi connectivity index (χ2v) is 20.4. The van der Waals surface area contributed by atoms with Gasteiger partial charge in [0, 0.05) is 43.0 Å². The molecule has 8 amide bonds. The third-order valence-corrected chi connectivity index (χ3v) is 14.4. The Labute approximate surface area is 427 Å². The molecule has 3 aliphatic rings. The molecule has 4 heterocycles. The number of nitrogens with two attached hydrogens (primary N) is 2. The van der Waals surface area contributed by atoms with Gasteiger partial charge in [-0.3, -0.25) is 47.5 Å². The highest BCUT2D eigenvalue weighted by Gasteiger charge is 2.46.